The van der Waals surface area contributed by atoms with E-state index in [-0.39, 0.29) is 12.5 Å². The number of anilines is 1. The predicted molar refractivity (Wildman–Crippen MR) is 85.6 cm³/mol. The summed E-state index contributed by atoms with van der Waals surface area (Å²) >= 11 is 0. The predicted octanol–water partition coefficient (Wildman–Crippen LogP) is -0.577. The first-order valence-electron chi connectivity index (χ1n) is 7.51. The summed E-state index contributed by atoms with van der Waals surface area (Å²) in [7, 11) is 3.65. The van der Waals surface area contributed by atoms with Gasteiger partial charge in [0, 0.05) is 46.0 Å². The van der Waals surface area contributed by atoms with Crippen LogP contribution < -0.4 is 16.0 Å². The Labute approximate surface area is 131 Å². The molecular weight excluding hydrogens is 282 g/mol. The molecule has 1 fully saturated rings. The standard InChI is InChI=1S/C15H25N5O2/c1-19-5-7-20(8-6-19)14-4-3-12(9-17-14)10-18-15(21)13(16)11-22-2/h3-4,9,13H,5-8,10-11,16H2,1-2H3,(H,18,21). The van der Waals surface area contributed by atoms with Crippen molar-refractivity contribution < 1.29 is 9.53 Å². The molecular formula is C15H25N5O2. The first-order chi connectivity index (χ1) is 10.6. The van der Waals surface area contributed by atoms with Gasteiger partial charge < -0.3 is 25.6 Å². The van der Waals surface area contributed by atoms with Crippen molar-refractivity contribution >= 4 is 11.7 Å². The summed E-state index contributed by atoms with van der Waals surface area (Å²) in [6.07, 6.45) is 1.80. The van der Waals surface area contributed by atoms with Gasteiger partial charge >= 0.3 is 0 Å². The number of hydrogen-bond acceptors (Lipinski definition) is 6. The molecule has 0 aromatic carbocycles. The highest BCUT2D eigenvalue weighted by atomic mass is 16.5. The van der Waals surface area contributed by atoms with Gasteiger partial charge in [-0.05, 0) is 18.7 Å². The number of nitrogens with one attached hydrogen (secondary N) is 1. The van der Waals surface area contributed by atoms with E-state index in [1.165, 1.54) is 7.11 Å². The number of ether oxygens (including phenoxy) is 1. The van der Waals surface area contributed by atoms with Crippen LogP contribution >= 0.6 is 0 Å². The maximum absolute atomic E-state index is 11.7. The number of rotatable bonds is 6. The number of nitrogens with zero attached hydrogens (tertiary/aromatic N) is 3. The van der Waals surface area contributed by atoms with Gasteiger partial charge in [-0.15, -0.1) is 0 Å². The highest BCUT2D eigenvalue weighted by molar-refractivity contribution is 5.81. The number of aromatic nitrogens is 1. The second-order valence-corrected chi connectivity index (χ2v) is 5.59. The maximum atomic E-state index is 11.7. The lowest BCUT2D eigenvalue weighted by atomic mass is 10.2. The minimum Gasteiger partial charge on any atom is -0.383 e. The number of likely N-dealkylation sites (N-methyl/N-ethyl adjacent to an activating group) is 1. The molecule has 2 rings (SSSR count). The van der Waals surface area contributed by atoms with Gasteiger partial charge in [-0.1, -0.05) is 6.07 Å². The molecule has 3 N–H and O–H groups in total. The van der Waals surface area contributed by atoms with Crippen LogP contribution in [0, 0.1) is 0 Å². The molecule has 7 nitrogen and oxygen atoms in total. The Morgan fingerprint density at radius 1 is 1.41 bits per heavy atom. The zero-order chi connectivity index (χ0) is 15.9. The lowest BCUT2D eigenvalue weighted by Crippen LogP contribution is -2.44. The number of carbonyl (C=O) groups is 1. The Balaban J connectivity index is 1.83. The van der Waals surface area contributed by atoms with Gasteiger partial charge in [0.1, 0.15) is 11.9 Å². The van der Waals surface area contributed by atoms with Crippen molar-refractivity contribution in [2.75, 3.05) is 51.8 Å². The van der Waals surface area contributed by atoms with Crippen molar-refractivity contribution in [1.82, 2.24) is 15.2 Å². The highest BCUT2D eigenvalue weighted by Crippen LogP contribution is 2.13. The SMILES string of the molecule is COCC(N)C(=O)NCc1ccc(N2CCN(C)CC2)nc1. The van der Waals surface area contributed by atoms with E-state index in [2.05, 4.69) is 27.1 Å². The third-order valence-electron chi connectivity index (χ3n) is 3.79. The Morgan fingerprint density at radius 2 is 2.14 bits per heavy atom. The average Bonchev–Trinajstić information content (AvgIpc) is 2.54. The van der Waals surface area contributed by atoms with Crippen molar-refractivity contribution in [1.29, 1.82) is 0 Å². The van der Waals surface area contributed by atoms with Crippen molar-refractivity contribution in [2.45, 2.75) is 12.6 Å². The molecule has 0 saturated carbocycles. The van der Waals surface area contributed by atoms with E-state index in [1.807, 2.05) is 12.1 Å². The van der Waals surface area contributed by atoms with Crippen LogP contribution in [0.1, 0.15) is 5.56 Å². The van der Waals surface area contributed by atoms with E-state index in [4.69, 9.17) is 10.5 Å². The van der Waals surface area contributed by atoms with Gasteiger partial charge in [0.15, 0.2) is 0 Å². The van der Waals surface area contributed by atoms with Gasteiger partial charge in [0.2, 0.25) is 5.91 Å². The molecule has 7 heteroatoms. The van der Waals surface area contributed by atoms with Crippen LogP contribution in [0.15, 0.2) is 18.3 Å². The van der Waals surface area contributed by atoms with Crippen molar-refractivity contribution in [3.05, 3.63) is 23.9 Å². The molecule has 22 heavy (non-hydrogen) atoms. The van der Waals surface area contributed by atoms with Gasteiger partial charge in [-0.2, -0.15) is 0 Å². The lowest BCUT2D eigenvalue weighted by molar-refractivity contribution is -0.123. The number of piperazine rings is 1. The summed E-state index contributed by atoms with van der Waals surface area (Å²) < 4.78 is 4.86. The quantitative estimate of drug-likeness (QED) is 0.732. The Hall–Kier alpha value is -1.70. The van der Waals surface area contributed by atoms with Crippen molar-refractivity contribution in [2.24, 2.45) is 5.73 Å². The van der Waals surface area contributed by atoms with Gasteiger partial charge in [-0.3, -0.25) is 4.79 Å². The Bertz CT molecular complexity index is 471. The van der Waals surface area contributed by atoms with Crippen molar-refractivity contribution in [3.63, 3.8) is 0 Å². The molecule has 0 aliphatic carbocycles. The van der Waals surface area contributed by atoms with Crippen LogP contribution in [-0.4, -0.2) is 68.8 Å². The fourth-order valence-corrected chi connectivity index (χ4v) is 2.32. The van der Waals surface area contributed by atoms with Crippen LogP contribution in [0.5, 0.6) is 0 Å². The first kappa shape index (κ1) is 16.7. The molecule has 1 aromatic heterocycles. The van der Waals surface area contributed by atoms with Crippen LogP contribution in [0.3, 0.4) is 0 Å². The third-order valence-corrected chi connectivity index (χ3v) is 3.79. The molecule has 0 bridgehead atoms. The Kier molecular flexibility index (Phi) is 6.11. The topological polar surface area (TPSA) is 83.7 Å². The number of pyridine rings is 1. The van der Waals surface area contributed by atoms with Gasteiger partial charge in [0.05, 0.1) is 6.61 Å². The monoisotopic (exact) mass is 307 g/mol. The van der Waals surface area contributed by atoms with Crippen molar-refractivity contribution in [3.8, 4) is 0 Å². The van der Waals surface area contributed by atoms with E-state index < -0.39 is 6.04 Å². The van der Waals surface area contributed by atoms with E-state index in [0.717, 1.165) is 37.6 Å². The highest BCUT2D eigenvalue weighted by Gasteiger charge is 2.15. The smallest absolute Gasteiger partial charge is 0.239 e. The fourth-order valence-electron chi connectivity index (χ4n) is 2.32. The van der Waals surface area contributed by atoms with Crippen LogP contribution in [0.4, 0.5) is 5.82 Å². The molecule has 122 valence electrons. The summed E-state index contributed by atoms with van der Waals surface area (Å²) in [6, 6.07) is 3.35. The molecule has 0 spiro atoms. The minimum atomic E-state index is -0.637. The number of nitrogens with two attached hydrogens (primary N) is 1. The second kappa shape index (κ2) is 8.07. The van der Waals surface area contributed by atoms with Crippen LogP contribution in [0.2, 0.25) is 0 Å². The molecule has 1 aromatic rings. The maximum Gasteiger partial charge on any atom is 0.239 e. The summed E-state index contributed by atoms with van der Waals surface area (Å²) in [6.45, 7) is 4.73. The minimum absolute atomic E-state index is 0.215. The average molecular weight is 307 g/mol. The number of methoxy groups -OCH3 is 1. The van der Waals surface area contributed by atoms with E-state index in [9.17, 15) is 4.79 Å². The number of amides is 1. The summed E-state index contributed by atoms with van der Waals surface area (Å²) in [5.41, 5.74) is 6.62. The van der Waals surface area contributed by atoms with E-state index >= 15 is 0 Å². The lowest BCUT2D eigenvalue weighted by Gasteiger charge is -2.33. The van der Waals surface area contributed by atoms with Gasteiger partial charge in [0.25, 0.3) is 0 Å². The fraction of sp³-hybridized carbons (Fsp3) is 0.600. The molecule has 1 amide bonds. The van der Waals surface area contributed by atoms with E-state index in [1.54, 1.807) is 6.20 Å². The molecule has 2 heterocycles. The zero-order valence-electron chi connectivity index (χ0n) is 13.3. The molecule has 0 radical (unpaired) electrons. The number of carbonyl (C=O) groups excluding carboxylic acids is 1. The Morgan fingerprint density at radius 3 is 2.73 bits per heavy atom. The summed E-state index contributed by atoms with van der Waals surface area (Å²) in [4.78, 5) is 20.8. The summed E-state index contributed by atoms with van der Waals surface area (Å²) in [5, 5.41) is 2.78. The van der Waals surface area contributed by atoms with E-state index in [0.29, 0.717) is 6.54 Å². The van der Waals surface area contributed by atoms with Crippen LogP contribution in [-0.2, 0) is 16.1 Å². The van der Waals surface area contributed by atoms with Crippen LogP contribution in [0.25, 0.3) is 0 Å². The molecule has 1 aliphatic rings. The summed E-state index contributed by atoms with van der Waals surface area (Å²) in [5.74, 6) is 0.768. The largest absolute Gasteiger partial charge is 0.383 e. The normalized spacial score (nSPS) is 17.3. The molecule has 1 aliphatic heterocycles. The molecule has 1 saturated heterocycles. The third kappa shape index (κ3) is 4.66. The molecule has 1 atom stereocenters. The van der Waals surface area contributed by atoms with Gasteiger partial charge in [-0.25, -0.2) is 4.98 Å². The molecule has 1 unspecified atom stereocenters. The second-order valence-electron chi connectivity index (χ2n) is 5.59. The zero-order valence-corrected chi connectivity index (χ0v) is 13.3. The first-order valence-corrected chi connectivity index (χ1v) is 7.51. The number of hydrogen-bond donors (Lipinski definition) is 2.